The van der Waals surface area contributed by atoms with E-state index in [2.05, 4.69) is 188 Å². The molecule has 0 saturated heterocycles. The first kappa shape index (κ1) is 121. The number of imidazole rings is 1. The largest absolute Gasteiger partial charge is 0.508 e. The molecule has 0 unspecified atom stereocenters. The van der Waals surface area contributed by atoms with Crippen LogP contribution in [0.3, 0.4) is 0 Å². The van der Waals surface area contributed by atoms with E-state index in [0.29, 0.717) is 21.6 Å². The van der Waals surface area contributed by atoms with Gasteiger partial charge in [0.2, 0.25) is 0 Å². The maximum atomic E-state index is 12.0. The second-order valence-corrected chi connectivity index (χ2v) is 33.8. The fraction of sp³-hybridized carbons (Fsp3) is 0.505. The average molecular weight is 1710 g/mol. The highest BCUT2D eigenvalue weighted by atomic mass is 35.5. The molecule has 1 aliphatic rings. The molecular formula is C103H164ClF3N6O8. The van der Waals surface area contributed by atoms with Crippen LogP contribution in [0.2, 0.25) is 5.02 Å². The molecule has 0 atom stereocenters. The fourth-order valence-corrected chi connectivity index (χ4v) is 9.38. The summed E-state index contributed by atoms with van der Waals surface area (Å²) in [6, 6.07) is 53.4. The third-order valence-electron chi connectivity index (χ3n) is 17.5. The molecule has 1 heterocycles. The molecule has 9 aromatic rings. The predicted octanol–water partition coefficient (Wildman–Crippen LogP) is 27.0. The van der Waals surface area contributed by atoms with Crippen molar-refractivity contribution in [1.82, 2.24) is 24.3 Å². The number of aliphatic hydroxyl groups is 3. The van der Waals surface area contributed by atoms with Crippen molar-refractivity contribution in [2.24, 2.45) is 23.8 Å². The first-order valence-corrected chi connectivity index (χ1v) is 42.8. The van der Waals surface area contributed by atoms with Gasteiger partial charge in [-0.25, -0.2) is 4.98 Å². The molecule has 0 spiro atoms. The van der Waals surface area contributed by atoms with Gasteiger partial charge in [-0.15, -0.1) is 0 Å². The normalized spacial score (nSPS) is 10.9. The van der Waals surface area contributed by atoms with Crippen LogP contribution >= 0.6 is 11.6 Å². The van der Waals surface area contributed by atoms with E-state index >= 15 is 0 Å². The molecule has 8 aromatic carbocycles. The Morgan fingerprint density at radius 2 is 0.992 bits per heavy atom. The van der Waals surface area contributed by atoms with Gasteiger partial charge < -0.3 is 49.2 Å². The van der Waals surface area contributed by atoms with Gasteiger partial charge in [0.1, 0.15) is 23.1 Å². The number of benzene rings is 8. The summed E-state index contributed by atoms with van der Waals surface area (Å²) < 4.78 is 48.4. The summed E-state index contributed by atoms with van der Waals surface area (Å²) in [6.45, 7) is 48.8. The number of nitrogens with zero attached hydrogens (tertiary/aromatic N) is 6. The lowest BCUT2D eigenvalue weighted by Crippen LogP contribution is -2.12. The summed E-state index contributed by atoms with van der Waals surface area (Å²) in [6.07, 6.45) is 13.7. The van der Waals surface area contributed by atoms with Crippen LogP contribution in [0.5, 0.6) is 17.2 Å². The molecule has 14 nitrogen and oxygen atoms in total. The van der Waals surface area contributed by atoms with Gasteiger partial charge >= 0.3 is 6.18 Å². The number of methoxy groups -OCH3 is 2. The lowest BCUT2D eigenvalue weighted by atomic mass is 9.91. The number of ether oxygens (including phenoxy) is 2. The minimum absolute atomic E-state index is 0.0661. The summed E-state index contributed by atoms with van der Waals surface area (Å²) in [5.74, 6) is 4.09. The molecule has 18 heteroatoms. The van der Waals surface area contributed by atoms with Gasteiger partial charge in [0, 0.05) is 36.6 Å². The van der Waals surface area contributed by atoms with Crippen LogP contribution in [-0.2, 0) is 52.3 Å². The van der Waals surface area contributed by atoms with E-state index in [9.17, 15) is 28.4 Å². The number of nitro groups is 1. The number of rotatable bonds is 13. The quantitative estimate of drug-likeness (QED) is 0.0637. The molecule has 0 bridgehead atoms. The number of aromatic nitrogens is 2. The number of hydrogen-bond donors (Lipinski definition) is 4. The third-order valence-corrected chi connectivity index (χ3v) is 17.7. The number of alkyl halides is 3. The molecule has 682 valence electrons. The number of aromatic hydroxyl groups is 1. The molecular weight excluding hydrogens is 1540 g/mol. The van der Waals surface area contributed by atoms with Gasteiger partial charge in [-0.1, -0.05) is 298 Å². The van der Waals surface area contributed by atoms with Gasteiger partial charge in [-0.05, 0) is 252 Å². The molecule has 1 saturated carbocycles. The van der Waals surface area contributed by atoms with Crippen LogP contribution in [-0.4, -0.2) is 126 Å². The van der Waals surface area contributed by atoms with Gasteiger partial charge in [0.05, 0.1) is 44.5 Å². The fourth-order valence-electron chi connectivity index (χ4n) is 9.18. The van der Waals surface area contributed by atoms with Gasteiger partial charge in [-0.2, -0.15) is 13.2 Å². The number of unbranched alkanes of at least 4 members (excludes halogenated alkanes) is 1. The Hall–Kier alpha value is -8.39. The average Bonchev–Trinajstić information content (AvgIpc) is 1.80. The van der Waals surface area contributed by atoms with Crippen LogP contribution in [0.1, 0.15) is 232 Å². The summed E-state index contributed by atoms with van der Waals surface area (Å²) in [4.78, 5) is 20.1. The van der Waals surface area contributed by atoms with Crippen molar-refractivity contribution < 1.29 is 48.0 Å². The molecule has 4 N–H and O–H groups in total. The van der Waals surface area contributed by atoms with Gasteiger partial charge in [0.15, 0.2) is 0 Å². The summed E-state index contributed by atoms with van der Waals surface area (Å²) in [5, 5.41) is 46.4. The van der Waals surface area contributed by atoms with Crippen molar-refractivity contribution in [3.05, 3.63) is 287 Å². The topological polar surface area (TPSA) is 170 Å². The van der Waals surface area contributed by atoms with E-state index in [-0.39, 0.29) is 36.0 Å². The second kappa shape index (κ2) is 72.1. The summed E-state index contributed by atoms with van der Waals surface area (Å²) >= 11 is 5.68. The Morgan fingerprint density at radius 1 is 0.537 bits per heavy atom. The standard InChI is InChI=1S/C10H14O2.C9H12O2.C8H9ClO.C8H7F3.C8H9NO2.C8H10O.2C8H10.C7H14.C6H15N.C6H14.C5H8N2.C5H12.C4H11N.C3H9N/c1-7-4-9(6-11)5-10(12-3)8(7)2;1-7-3-4-8(6-10)5-9(7)11-2;1-2-6-5-7(9)3-4-8(6)10;1-6-4-2-3-5-7(6)8(9,10)11;1-2-7-3-5-8(6-4-7)9(10)11;1-7-2-4-8(6-9)5-3-7;1-7-4-3-5-8(2)6-7;1-2-8-6-4-3-5-7-8;1-7-5-3-2-4-6-7;1-4-5-6-7(2)3;1-5-6(2,3)4;1-5-6-3-4-7(5)2;1-5(2,3)4;1-4-5(2)3;1-4(2)3/h4-5,11H,6H2,1-3H3;3-5,10H,6H2,1-2H3;3-5,10H,2H2,1H3;2-5H,1H3;3-6H,2H2,1H3;2-5,9H,6H2,1H3;3-6H,1-2H3;3-7H,2H2,1H3;7H,2-6H2,1H3;4-6H2,1-3H3;5H2,1-4H3;3-4H,1-2H3;1-4H3;4H2,1-3H3;1-3H3. The highest BCUT2D eigenvalue weighted by Gasteiger charge is 2.31. The molecule has 1 aliphatic carbocycles. The predicted molar refractivity (Wildman–Crippen MR) is 514 cm³/mol. The molecule has 0 aliphatic heterocycles. The van der Waals surface area contributed by atoms with Crippen molar-refractivity contribution in [1.29, 1.82) is 0 Å². The Labute approximate surface area is 739 Å². The van der Waals surface area contributed by atoms with Crippen LogP contribution in [0.4, 0.5) is 18.9 Å². The van der Waals surface area contributed by atoms with E-state index in [1.165, 1.54) is 111 Å². The monoisotopic (exact) mass is 1710 g/mol. The van der Waals surface area contributed by atoms with Gasteiger partial charge in [-0.3, -0.25) is 10.1 Å². The summed E-state index contributed by atoms with van der Waals surface area (Å²) in [7, 11) is 19.6. The number of aryl methyl sites for hydroxylation is 11. The zero-order valence-corrected chi connectivity index (χ0v) is 81.7. The Kier molecular flexibility index (Phi) is 72.2. The maximum absolute atomic E-state index is 12.0. The van der Waals surface area contributed by atoms with E-state index in [4.69, 9.17) is 36.4 Å². The first-order valence-electron chi connectivity index (χ1n) is 42.4. The molecule has 1 aromatic heterocycles. The molecule has 121 heavy (non-hydrogen) atoms. The van der Waals surface area contributed by atoms with Crippen LogP contribution in [0.15, 0.2) is 188 Å². The van der Waals surface area contributed by atoms with Crippen LogP contribution in [0.25, 0.3) is 0 Å². The van der Waals surface area contributed by atoms with E-state index in [0.717, 1.165) is 99.6 Å². The Bertz CT molecular complexity index is 3920. The zero-order valence-electron chi connectivity index (χ0n) is 80.9. The van der Waals surface area contributed by atoms with Crippen LogP contribution in [0, 0.1) is 82.3 Å². The molecule has 10 rings (SSSR count). The Balaban J connectivity index is -0.000000400. The molecule has 0 amide bonds. The zero-order chi connectivity index (χ0) is 93.9. The minimum atomic E-state index is -4.22. The summed E-state index contributed by atoms with van der Waals surface area (Å²) in [5.41, 5.74) is 14.4. The SMILES string of the molecule is CC(C)(C)C.CC1CCCCC1.CCC(C)(C)C.CCCCN(C)C.CCN(C)C.CCc1cc(Cl)ccc1O.CCc1ccc([N+](=O)[O-])cc1.CCc1ccccc1.CN(C)C.COc1cc(CO)cc(C)c1C.COc1cc(CO)ccc1C.Cc1ccc(CO)cc1.Cc1cccc(C)c1.Cc1ccccc1C(F)(F)F.Cc1nccn1C. The van der Waals surface area contributed by atoms with Crippen molar-refractivity contribution in [3.63, 3.8) is 0 Å². The number of non-ortho nitro benzene ring substituents is 1. The highest BCUT2D eigenvalue weighted by molar-refractivity contribution is 6.30. The van der Waals surface area contributed by atoms with Crippen LogP contribution < -0.4 is 9.47 Å². The second-order valence-electron chi connectivity index (χ2n) is 33.4. The highest BCUT2D eigenvalue weighted by Crippen LogP contribution is 2.31. The lowest BCUT2D eigenvalue weighted by molar-refractivity contribution is -0.384. The van der Waals surface area contributed by atoms with Gasteiger partial charge in [0.25, 0.3) is 5.69 Å². The first-order chi connectivity index (χ1) is 56.5. The number of phenolic OH excluding ortho intramolecular Hbond substituents is 1. The third kappa shape index (κ3) is 72.9. The van der Waals surface area contributed by atoms with E-state index in [1.54, 1.807) is 56.8 Å². The number of hydrogen-bond acceptors (Lipinski definition) is 12. The Morgan fingerprint density at radius 3 is 1.31 bits per heavy atom. The number of aliphatic hydroxyl groups excluding tert-OH is 3. The molecule has 1 fully saturated rings. The van der Waals surface area contributed by atoms with Crippen molar-refractivity contribution >= 4 is 17.3 Å². The smallest absolute Gasteiger partial charge is 0.416 e. The number of phenols is 1. The van der Waals surface area contributed by atoms with Crippen molar-refractivity contribution in [2.75, 3.05) is 76.6 Å². The van der Waals surface area contributed by atoms with Crippen molar-refractivity contribution in [3.8, 4) is 17.2 Å². The number of nitro benzene ring substituents is 1. The minimum Gasteiger partial charge on any atom is -0.508 e. The lowest BCUT2D eigenvalue weighted by Gasteiger charge is -2.15. The van der Waals surface area contributed by atoms with E-state index in [1.807, 2.05) is 153 Å². The maximum Gasteiger partial charge on any atom is 0.416 e. The van der Waals surface area contributed by atoms with Crippen molar-refractivity contribution in [2.45, 2.75) is 249 Å². The van der Waals surface area contributed by atoms with E-state index < -0.39 is 11.7 Å². The number of halogens is 4. The molecule has 0 radical (unpaired) electrons.